The Morgan fingerprint density at radius 1 is 0.419 bits per heavy atom. The zero-order chi connectivity index (χ0) is 28.6. The maximum Gasteiger partial charge on any atom is 0.0899 e. The summed E-state index contributed by atoms with van der Waals surface area (Å²) in [5.74, 6) is 0. The van der Waals surface area contributed by atoms with E-state index in [0.29, 0.717) is 0 Å². The highest BCUT2D eigenvalue weighted by atomic mass is 15.0. The standard InChI is InChI=1S/C39H26N4/c1-2-9-27(10-3-1)29-11-8-12-30(23-29)31-24-36(42-37(25-31)35-14-6-7-21-41-35)28-16-18-32(19-17-28)43-38-15-5-4-13-33(38)34-20-22-40-26-39(34)43/h1-26H. The number of benzene rings is 4. The molecule has 4 aromatic carbocycles. The first kappa shape index (κ1) is 24.9. The van der Waals surface area contributed by atoms with Gasteiger partial charge < -0.3 is 4.57 Å². The Morgan fingerprint density at radius 2 is 1.14 bits per heavy atom. The molecule has 0 spiro atoms. The van der Waals surface area contributed by atoms with Gasteiger partial charge in [-0.15, -0.1) is 0 Å². The smallest absolute Gasteiger partial charge is 0.0899 e. The average Bonchev–Trinajstić information content (AvgIpc) is 3.43. The summed E-state index contributed by atoms with van der Waals surface area (Å²) in [5, 5.41) is 2.41. The summed E-state index contributed by atoms with van der Waals surface area (Å²) in [7, 11) is 0. The maximum absolute atomic E-state index is 5.09. The molecular weight excluding hydrogens is 524 g/mol. The normalized spacial score (nSPS) is 11.3. The van der Waals surface area contributed by atoms with Crippen molar-refractivity contribution >= 4 is 21.8 Å². The van der Waals surface area contributed by atoms with Crippen molar-refractivity contribution in [3.05, 3.63) is 158 Å². The molecule has 0 fully saturated rings. The van der Waals surface area contributed by atoms with Gasteiger partial charge in [-0.3, -0.25) is 9.97 Å². The highest BCUT2D eigenvalue weighted by molar-refractivity contribution is 6.08. The van der Waals surface area contributed by atoms with Crippen LogP contribution in [-0.4, -0.2) is 19.5 Å². The van der Waals surface area contributed by atoms with Gasteiger partial charge in [-0.2, -0.15) is 0 Å². The number of fused-ring (bicyclic) bond motifs is 3. The zero-order valence-corrected chi connectivity index (χ0v) is 23.3. The quantitative estimate of drug-likeness (QED) is 0.214. The van der Waals surface area contributed by atoms with E-state index in [1.807, 2.05) is 42.9 Å². The molecule has 0 amide bonds. The fourth-order valence-electron chi connectivity index (χ4n) is 5.88. The number of pyridine rings is 3. The predicted molar refractivity (Wildman–Crippen MR) is 176 cm³/mol. The molecular formula is C39H26N4. The topological polar surface area (TPSA) is 43.6 Å². The van der Waals surface area contributed by atoms with Crippen molar-refractivity contribution < 1.29 is 0 Å². The van der Waals surface area contributed by atoms with Gasteiger partial charge in [-0.25, -0.2) is 4.98 Å². The Labute approximate surface area is 249 Å². The lowest BCUT2D eigenvalue weighted by molar-refractivity contribution is 1.16. The number of rotatable bonds is 5. The van der Waals surface area contributed by atoms with Crippen molar-refractivity contribution in [3.63, 3.8) is 0 Å². The number of nitrogens with zero attached hydrogens (tertiary/aromatic N) is 4. The molecule has 4 heteroatoms. The Bertz CT molecular complexity index is 2160. The van der Waals surface area contributed by atoms with Crippen molar-refractivity contribution in [2.75, 3.05) is 0 Å². The Morgan fingerprint density at radius 3 is 1.98 bits per heavy atom. The summed E-state index contributed by atoms with van der Waals surface area (Å²) >= 11 is 0. The largest absolute Gasteiger partial charge is 0.308 e. The first-order chi connectivity index (χ1) is 21.3. The summed E-state index contributed by atoms with van der Waals surface area (Å²) in [6.07, 6.45) is 5.61. The first-order valence-corrected chi connectivity index (χ1v) is 14.4. The molecule has 0 N–H and O–H groups in total. The van der Waals surface area contributed by atoms with Gasteiger partial charge in [-0.1, -0.05) is 84.9 Å². The SMILES string of the molecule is c1ccc(-c2cccc(-c3cc(-c4ccc(-n5c6ccccc6c6ccncc65)cc4)nc(-c4ccccn4)c3)c2)cc1. The van der Waals surface area contributed by atoms with E-state index in [-0.39, 0.29) is 0 Å². The lowest BCUT2D eigenvalue weighted by Crippen LogP contribution is -1.95. The Kier molecular flexibility index (Phi) is 6.08. The van der Waals surface area contributed by atoms with Crippen LogP contribution in [-0.2, 0) is 0 Å². The molecule has 8 rings (SSSR count). The summed E-state index contributed by atoms with van der Waals surface area (Å²) < 4.78 is 2.28. The second-order valence-electron chi connectivity index (χ2n) is 10.6. The van der Waals surface area contributed by atoms with Crippen LogP contribution in [0.4, 0.5) is 0 Å². The molecule has 8 aromatic rings. The van der Waals surface area contributed by atoms with Gasteiger partial charge in [0.2, 0.25) is 0 Å². The van der Waals surface area contributed by atoms with E-state index < -0.39 is 0 Å². The van der Waals surface area contributed by atoms with Crippen molar-refractivity contribution in [2.45, 2.75) is 0 Å². The van der Waals surface area contributed by atoms with Crippen molar-refractivity contribution in [1.29, 1.82) is 0 Å². The average molecular weight is 551 g/mol. The van der Waals surface area contributed by atoms with E-state index in [2.05, 4.69) is 130 Å². The molecule has 202 valence electrons. The third kappa shape index (κ3) is 4.55. The van der Waals surface area contributed by atoms with E-state index in [1.165, 1.54) is 21.9 Å². The molecule has 0 bridgehead atoms. The van der Waals surface area contributed by atoms with Crippen LogP contribution >= 0.6 is 0 Å². The van der Waals surface area contributed by atoms with Crippen LogP contribution in [0.5, 0.6) is 0 Å². The van der Waals surface area contributed by atoms with Crippen molar-refractivity contribution in [2.24, 2.45) is 0 Å². The van der Waals surface area contributed by atoms with Crippen molar-refractivity contribution in [1.82, 2.24) is 19.5 Å². The number of hydrogen-bond donors (Lipinski definition) is 0. The van der Waals surface area contributed by atoms with E-state index in [1.54, 1.807) is 0 Å². The number of para-hydroxylation sites is 1. The molecule has 0 aliphatic rings. The molecule has 0 aliphatic carbocycles. The van der Waals surface area contributed by atoms with E-state index in [4.69, 9.17) is 4.98 Å². The minimum absolute atomic E-state index is 0.843. The number of aromatic nitrogens is 4. The van der Waals surface area contributed by atoms with Crippen LogP contribution in [0.15, 0.2) is 158 Å². The second kappa shape index (κ2) is 10.5. The third-order valence-electron chi connectivity index (χ3n) is 7.95. The van der Waals surface area contributed by atoms with Crippen LogP contribution in [0.2, 0.25) is 0 Å². The van der Waals surface area contributed by atoms with Crippen LogP contribution in [0.3, 0.4) is 0 Å². The molecule has 43 heavy (non-hydrogen) atoms. The fraction of sp³-hybridized carbons (Fsp3) is 0. The highest BCUT2D eigenvalue weighted by Crippen LogP contribution is 2.34. The van der Waals surface area contributed by atoms with E-state index in [0.717, 1.165) is 50.5 Å². The highest BCUT2D eigenvalue weighted by Gasteiger charge is 2.14. The minimum Gasteiger partial charge on any atom is -0.308 e. The molecule has 0 aliphatic heterocycles. The van der Waals surface area contributed by atoms with E-state index >= 15 is 0 Å². The predicted octanol–water partition coefficient (Wildman–Crippen LogP) is 9.64. The molecule has 4 aromatic heterocycles. The molecule has 4 heterocycles. The van der Waals surface area contributed by atoms with Gasteiger partial charge in [0.25, 0.3) is 0 Å². The van der Waals surface area contributed by atoms with Gasteiger partial charge in [0, 0.05) is 34.4 Å². The molecule has 0 saturated heterocycles. The lowest BCUT2D eigenvalue weighted by atomic mass is 9.97. The fourth-order valence-corrected chi connectivity index (χ4v) is 5.88. The van der Waals surface area contributed by atoms with Crippen LogP contribution in [0, 0.1) is 0 Å². The lowest BCUT2D eigenvalue weighted by Gasteiger charge is -2.12. The summed E-state index contributed by atoms with van der Waals surface area (Å²) in [5.41, 5.74) is 11.6. The molecule has 4 nitrogen and oxygen atoms in total. The van der Waals surface area contributed by atoms with Gasteiger partial charge in [-0.05, 0) is 76.9 Å². The van der Waals surface area contributed by atoms with Gasteiger partial charge >= 0.3 is 0 Å². The van der Waals surface area contributed by atoms with Gasteiger partial charge in [0.15, 0.2) is 0 Å². The zero-order valence-electron chi connectivity index (χ0n) is 23.3. The number of hydrogen-bond acceptors (Lipinski definition) is 3. The maximum atomic E-state index is 5.09. The molecule has 0 atom stereocenters. The van der Waals surface area contributed by atoms with Gasteiger partial charge in [0.05, 0.1) is 34.3 Å². The van der Waals surface area contributed by atoms with Crippen LogP contribution in [0.25, 0.3) is 72.4 Å². The monoisotopic (exact) mass is 550 g/mol. The second-order valence-corrected chi connectivity index (χ2v) is 10.6. The Balaban J connectivity index is 1.25. The Hall–Kier alpha value is -5.87. The van der Waals surface area contributed by atoms with E-state index in [9.17, 15) is 0 Å². The van der Waals surface area contributed by atoms with Crippen molar-refractivity contribution in [3.8, 4) is 50.6 Å². The van der Waals surface area contributed by atoms with Crippen LogP contribution < -0.4 is 0 Å². The summed E-state index contributed by atoms with van der Waals surface area (Å²) in [6.45, 7) is 0. The van der Waals surface area contributed by atoms with Crippen LogP contribution in [0.1, 0.15) is 0 Å². The molecule has 0 unspecified atom stereocenters. The third-order valence-corrected chi connectivity index (χ3v) is 7.95. The summed E-state index contributed by atoms with van der Waals surface area (Å²) in [6, 6.07) is 48.6. The first-order valence-electron chi connectivity index (χ1n) is 14.4. The summed E-state index contributed by atoms with van der Waals surface area (Å²) in [4.78, 5) is 14.1. The minimum atomic E-state index is 0.843. The molecule has 0 radical (unpaired) electrons. The molecule has 0 saturated carbocycles. The van der Waals surface area contributed by atoms with Gasteiger partial charge in [0.1, 0.15) is 0 Å².